The SMILES string of the molecule is CCCC1CCCCN1c1ccc(CO)cc1F. The molecule has 0 radical (unpaired) electrons. The summed E-state index contributed by atoms with van der Waals surface area (Å²) >= 11 is 0. The third-order valence-corrected chi connectivity index (χ3v) is 3.75. The largest absolute Gasteiger partial charge is 0.392 e. The second kappa shape index (κ2) is 6.19. The van der Waals surface area contributed by atoms with E-state index in [4.69, 9.17) is 5.11 Å². The van der Waals surface area contributed by atoms with Crippen LogP contribution in [0.1, 0.15) is 44.6 Å². The fourth-order valence-corrected chi connectivity index (χ4v) is 2.83. The number of nitrogens with zero attached hydrogens (tertiary/aromatic N) is 1. The molecule has 1 unspecified atom stereocenters. The Morgan fingerprint density at radius 2 is 2.22 bits per heavy atom. The number of piperidine rings is 1. The van der Waals surface area contributed by atoms with E-state index in [2.05, 4.69) is 11.8 Å². The Kier molecular flexibility index (Phi) is 4.59. The van der Waals surface area contributed by atoms with Crippen molar-refractivity contribution in [1.82, 2.24) is 0 Å². The van der Waals surface area contributed by atoms with Gasteiger partial charge in [-0.2, -0.15) is 0 Å². The predicted molar refractivity (Wildman–Crippen MR) is 72.2 cm³/mol. The van der Waals surface area contributed by atoms with Crippen LogP contribution in [-0.2, 0) is 6.61 Å². The van der Waals surface area contributed by atoms with Gasteiger partial charge >= 0.3 is 0 Å². The molecule has 0 amide bonds. The van der Waals surface area contributed by atoms with Crippen molar-refractivity contribution in [2.45, 2.75) is 51.7 Å². The van der Waals surface area contributed by atoms with Gasteiger partial charge in [-0.1, -0.05) is 19.4 Å². The molecule has 0 aliphatic carbocycles. The first-order valence-electron chi connectivity index (χ1n) is 6.92. The summed E-state index contributed by atoms with van der Waals surface area (Å²) in [5, 5.41) is 9.02. The van der Waals surface area contributed by atoms with Crippen molar-refractivity contribution in [3.05, 3.63) is 29.6 Å². The van der Waals surface area contributed by atoms with Crippen LogP contribution in [0.5, 0.6) is 0 Å². The minimum absolute atomic E-state index is 0.102. The summed E-state index contributed by atoms with van der Waals surface area (Å²) in [6, 6.07) is 5.55. The van der Waals surface area contributed by atoms with Crippen LogP contribution < -0.4 is 4.90 Å². The second-order valence-corrected chi connectivity index (χ2v) is 5.08. The lowest BCUT2D eigenvalue weighted by Crippen LogP contribution is -2.40. The van der Waals surface area contributed by atoms with Gasteiger partial charge in [0.25, 0.3) is 0 Å². The molecule has 1 heterocycles. The number of benzene rings is 1. The molecule has 1 aromatic rings. The Hall–Kier alpha value is -1.09. The summed E-state index contributed by atoms with van der Waals surface area (Å²) in [7, 11) is 0. The number of aliphatic hydroxyl groups excluding tert-OH is 1. The molecule has 0 aromatic heterocycles. The van der Waals surface area contributed by atoms with Gasteiger partial charge in [-0.3, -0.25) is 0 Å². The molecule has 100 valence electrons. The van der Waals surface area contributed by atoms with Crippen LogP contribution in [0.15, 0.2) is 18.2 Å². The Morgan fingerprint density at radius 3 is 2.89 bits per heavy atom. The first-order valence-corrected chi connectivity index (χ1v) is 6.92. The fraction of sp³-hybridized carbons (Fsp3) is 0.600. The Labute approximate surface area is 108 Å². The summed E-state index contributed by atoms with van der Waals surface area (Å²) < 4.78 is 14.1. The van der Waals surface area contributed by atoms with E-state index in [1.807, 2.05) is 12.1 Å². The number of hydrogen-bond acceptors (Lipinski definition) is 2. The summed E-state index contributed by atoms with van der Waals surface area (Å²) in [5.41, 5.74) is 1.34. The van der Waals surface area contributed by atoms with Gasteiger partial charge in [-0.25, -0.2) is 4.39 Å². The summed E-state index contributed by atoms with van der Waals surface area (Å²) in [4.78, 5) is 2.21. The summed E-state index contributed by atoms with van der Waals surface area (Å²) in [5.74, 6) is -0.204. The Morgan fingerprint density at radius 1 is 1.39 bits per heavy atom. The maximum absolute atomic E-state index is 14.1. The van der Waals surface area contributed by atoms with E-state index in [0.717, 1.165) is 32.2 Å². The first kappa shape index (κ1) is 13.3. The van der Waals surface area contributed by atoms with Gasteiger partial charge in [0.1, 0.15) is 5.82 Å². The predicted octanol–water partition coefficient (Wildman–Crippen LogP) is 3.48. The molecular formula is C15H22FNO. The topological polar surface area (TPSA) is 23.5 Å². The molecule has 0 spiro atoms. The second-order valence-electron chi connectivity index (χ2n) is 5.08. The molecule has 2 nitrogen and oxygen atoms in total. The van der Waals surface area contributed by atoms with E-state index < -0.39 is 0 Å². The van der Waals surface area contributed by atoms with Crippen molar-refractivity contribution in [3.63, 3.8) is 0 Å². The van der Waals surface area contributed by atoms with Gasteiger partial charge in [0.15, 0.2) is 0 Å². The monoisotopic (exact) mass is 251 g/mol. The smallest absolute Gasteiger partial charge is 0.146 e. The Balaban J connectivity index is 2.22. The molecule has 18 heavy (non-hydrogen) atoms. The van der Waals surface area contributed by atoms with Gasteiger partial charge in [-0.05, 0) is 43.4 Å². The molecule has 1 aromatic carbocycles. The van der Waals surface area contributed by atoms with E-state index in [0.29, 0.717) is 17.3 Å². The van der Waals surface area contributed by atoms with Crippen molar-refractivity contribution in [2.24, 2.45) is 0 Å². The molecule has 1 aliphatic rings. The zero-order chi connectivity index (χ0) is 13.0. The van der Waals surface area contributed by atoms with Crippen LogP contribution in [0.25, 0.3) is 0 Å². The van der Waals surface area contributed by atoms with Gasteiger partial charge in [0.2, 0.25) is 0 Å². The lowest BCUT2D eigenvalue weighted by atomic mass is 9.97. The maximum atomic E-state index is 14.1. The molecule has 0 bridgehead atoms. The molecule has 0 saturated carbocycles. The molecule has 1 saturated heterocycles. The normalized spacial score (nSPS) is 20.2. The highest BCUT2D eigenvalue weighted by molar-refractivity contribution is 5.50. The zero-order valence-corrected chi connectivity index (χ0v) is 11.0. The lowest BCUT2D eigenvalue weighted by Gasteiger charge is -2.37. The standard InChI is InChI=1S/C15H22FNO/c1-2-5-13-6-3-4-9-17(13)15-8-7-12(11-18)10-14(15)16/h7-8,10,13,18H,2-6,9,11H2,1H3. The van der Waals surface area contributed by atoms with Crippen molar-refractivity contribution in [3.8, 4) is 0 Å². The number of halogens is 1. The van der Waals surface area contributed by atoms with Gasteiger partial charge < -0.3 is 10.0 Å². The highest BCUT2D eigenvalue weighted by Crippen LogP contribution is 2.29. The third kappa shape index (κ3) is 2.83. The van der Waals surface area contributed by atoms with Crippen molar-refractivity contribution < 1.29 is 9.50 Å². The van der Waals surface area contributed by atoms with E-state index in [1.165, 1.54) is 12.5 Å². The summed E-state index contributed by atoms with van der Waals surface area (Å²) in [6.07, 6.45) is 5.81. The van der Waals surface area contributed by atoms with Crippen LogP contribution in [0, 0.1) is 5.82 Å². The molecule has 3 heteroatoms. The minimum atomic E-state index is -0.204. The molecule has 2 rings (SSSR count). The van der Waals surface area contributed by atoms with Crippen LogP contribution in [0.4, 0.5) is 10.1 Å². The molecule has 1 aliphatic heterocycles. The molecule has 1 fully saturated rings. The maximum Gasteiger partial charge on any atom is 0.146 e. The number of aliphatic hydroxyl groups is 1. The quantitative estimate of drug-likeness (QED) is 0.885. The Bertz CT molecular complexity index is 392. The van der Waals surface area contributed by atoms with E-state index in [9.17, 15) is 4.39 Å². The molecule has 1 N–H and O–H groups in total. The van der Waals surface area contributed by atoms with E-state index >= 15 is 0 Å². The molecular weight excluding hydrogens is 229 g/mol. The van der Waals surface area contributed by atoms with Gasteiger partial charge in [0, 0.05) is 12.6 Å². The lowest BCUT2D eigenvalue weighted by molar-refractivity contribution is 0.281. The van der Waals surface area contributed by atoms with Crippen molar-refractivity contribution in [2.75, 3.05) is 11.4 Å². The molecule has 1 atom stereocenters. The first-order chi connectivity index (χ1) is 8.76. The van der Waals surface area contributed by atoms with Crippen LogP contribution >= 0.6 is 0 Å². The average Bonchev–Trinajstić information content (AvgIpc) is 2.40. The van der Waals surface area contributed by atoms with Crippen molar-refractivity contribution >= 4 is 5.69 Å². The van der Waals surface area contributed by atoms with E-state index in [1.54, 1.807) is 0 Å². The minimum Gasteiger partial charge on any atom is -0.392 e. The van der Waals surface area contributed by atoms with Crippen LogP contribution in [0.3, 0.4) is 0 Å². The average molecular weight is 251 g/mol. The number of anilines is 1. The van der Waals surface area contributed by atoms with E-state index in [-0.39, 0.29) is 12.4 Å². The third-order valence-electron chi connectivity index (χ3n) is 3.75. The number of hydrogen-bond donors (Lipinski definition) is 1. The highest BCUT2D eigenvalue weighted by atomic mass is 19.1. The number of rotatable bonds is 4. The van der Waals surface area contributed by atoms with Gasteiger partial charge in [0.05, 0.1) is 12.3 Å². The van der Waals surface area contributed by atoms with Crippen LogP contribution in [-0.4, -0.2) is 17.7 Å². The highest BCUT2D eigenvalue weighted by Gasteiger charge is 2.23. The fourth-order valence-electron chi connectivity index (χ4n) is 2.83. The zero-order valence-electron chi connectivity index (χ0n) is 11.0. The van der Waals surface area contributed by atoms with Gasteiger partial charge in [-0.15, -0.1) is 0 Å². The van der Waals surface area contributed by atoms with Crippen molar-refractivity contribution in [1.29, 1.82) is 0 Å². The van der Waals surface area contributed by atoms with Crippen LogP contribution in [0.2, 0.25) is 0 Å². The summed E-state index contributed by atoms with van der Waals surface area (Å²) in [6.45, 7) is 3.02.